The van der Waals surface area contributed by atoms with Gasteiger partial charge in [-0.05, 0) is 30.8 Å². The summed E-state index contributed by atoms with van der Waals surface area (Å²) in [4.78, 5) is 1.84. The van der Waals surface area contributed by atoms with Crippen molar-refractivity contribution in [2.24, 2.45) is 0 Å². The molecule has 12 heavy (non-hydrogen) atoms. The van der Waals surface area contributed by atoms with E-state index in [1.165, 1.54) is 0 Å². The fourth-order valence-electron chi connectivity index (χ4n) is 0.879. The summed E-state index contributed by atoms with van der Waals surface area (Å²) in [6.07, 6.45) is 0. The van der Waals surface area contributed by atoms with Gasteiger partial charge in [0.2, 0.25) is 0 Å². The molecule has 0 aliphatic heterocycles. The van der Waals surface area contributed by atoms with Crippen molar-refractivity contribution < 1.29 is 4.42 Å². The molecule has 0 saturated heterocycles. The Labute approximate surface area is 76.1 Å². The Balaban J connectivity index is 2.47. The van der Waals surface area contributed by atoms with Gasteiger partial charge in [0.15, 0.2) is 5.22 Å². The van der Waals surface area contributed by atoms with Crippen LogP contribution in [0.15, 0.2) is 16.5 Å². The van der Waals surface area contributed by atoms with E-state index in [1.807, 2.05) is 18.0 Å². The van der Waals surface area contributed by atoms with Gasteiger partial charge < -0.3 is 4.42 Å². The summed E-state index contributed by atoms with van der Waals surface area (Å²) < 4.78 is 5.11. The van der Waals surface area contributed by atoms with Crippen LogP contribution in [0.5, 0.6) is 0 Å². The summed E-state index contributed by atoms with van der Waals surface area (Å²) in [5.41, 5.74) is 0. The van der Waals surface area contributed by atoms with Crippen LogP contribution in [-0.2, 0) is 6.54 Å². The van der Waals surface area contributed by atoms with Crippen molar-refractivity contribution in [3.8, 4) is 6.07 Å². The SMILES string of the molecule is CN(CC#N)Cc1ccc(Cl)o1. The number of furan rings is 1. The number of rotatable bonds is 3. The quantitative estimate of drug-likeness (QED) is 0.674. The lowest BCUT2D eigenvalue weighted by molar-refractivity contribution is 0.326. The smallest absolute Gasteiger partial charge is 0.193 e. The van der Waals surface area contributed by atoms with Gasteiger partial charge in [-0.2, -0.15) is 5.26 Å². The third-order valence-corrected chi connectivity index (χ3v) is 1.60. The third-order valence-electron chi connectivity index (χ3n) is 1.40. The zero-order chi connectivity index (χ0) is 8.97. The van der Waals surface area contributed by atoms with Gasteiger partial charge in [-0.25, -0.2) is 0 Å². The standard InChI is InChI=1S/C8H9ClN2O/c1-11(5-4-10)6-7-2-3-8(9)12-7/h2-3H,5-6H2,1H3. The highest BCUT2D eigenvalue weighted by Crippen LogP contribution is 2.13. The number of nitrogens with zero attached hydrogens (tertiary/aromatic N) is 2. The fourth-order valence-corrected chi connectivity index (χ4v) is 1.04. The van der Waals surface area contributed by atoms with Crippen LogP contribution in [-0.4, -0.2) is 18.5 Å². The molecule has 0 fully saturated rings. The van der Waals surface area contributed by atoms with Crippen molar-refractivity contribution in [2.45, 2.75) is 6.54 Å². The molecule has 3 nitrogen and oxygen atoms in total. The minimum Gasteiger partial charge on any atom is -0.448 e. The van der Waals surface area contributed by atoms with Crippen LogP contribution >= 0.6 is 11.6 Å². The minimum absolute atomic E-state index is 0.385. The van der Waals surface area contributed by atoms with Crippen LogP contribution in [0, 0.1) is 11.3 Å². The van der Waals surface area contributed by atoms with Gasteiger partial charge in [0.25, 0.3) is 0 Å². The molecule has 0 aliphatic carbocycles. The van der Waals surface area contributed by atoms with Gasteiger partial charge in [0.1, 0.15) is 5.76 Å². The molecule has 0 spiro atoms. The molecule has 1 heterocycles. The maximum atomic E-state index is 8.37. The highest BCUT2D eigenvalue weighted by atomic mass is 35.5. The predicted molar refractivity (Wildman–Crippen MR) is 45.7 cm³/mol. The molecule has 1 rings (SSSR count). The predicted octanol–water partition coefficient (Wildman–Crippen LogP) is 1.89. The van der Waals surface area contributed by atoms with E-state index in [4.69, 9.17) is 21.3 Å². The molecule has 0 amide bonds. The second-order valence-electron chi connectivity index (χ2n) is 2.54. The minimum atomic E-state index is 0.385. The van der Waals surface area contributed by atoms with Crippen LogP contribution in [0.3, 0.4) is 0 Å². The summed E-state index contributed by atoms with van der Waals surface area (Å²) in [7, 11) is 1.85. The first-order valence-corrected chi connectivity index (χ1v) is 3.90. The Hall–Kier alpha value is -0.980. The van der Waals surface area contributed by atoms with Crippen LogP contribution in [0.4, 0.5) is 0 Å². The largest absolute Gasteiger partial charge is 0.448 e. The van der Waals surface area contributed by atoms with E-state index in [0.29, 0.717) is 18.3 Å². The van der Waals surface area contributed by atoms with E-state index < -0.39 is 0 Å². The Morgan fingerprint density at radius 1 is 1.67 bits per heavy atom. The summed E-state index contributed by atoms with van der Waals surface area (Å²) >= 11 is 5.57. The summed E-state index contributed by atoms with van der Waals surface area (Å²) in [6, 6.07) is 5.54. The average molecular weight is 185 g/mol. The molecule has 4 heteroatoms. The van der Waals surface area contributed by atoms with Crippen LogP contribution < -0.4 is 0 Å². The lowest BCUT2D eigenvalue weighted by Crippen LogP contribution is -2.17. The molecule has 64 valence electrons. The van der Waals surface area contributed by atoms with E-state index >= 15 is 0 Å². The summed E-state index contributed by atoms with van der Waals surface area (Å²) in [5, 5.41) is 8.76. The molecule has 0 radical (unpaired) electrons. The Bertz CT molecular complexity index is 289. The maximum absolute atomic E-state index is 8.37. The van der Waals surface area contributed by atoms with Gasteiger partial charge >= 0.3 is 0 Å². The Morgan fingerprint density at radius 2 is 2.42 bits per heavy atom. The van der Waals surface area contributed by atoms with E-state index in [9.17, 15) is 0 Å². The molecule has 0 atom stereocenters. The second-order valence-corrected chi connectivity index (χ2v) is 2.91. The van der Waals surface area contributed by atoms with Crippen molar-refractivity contribution in [1.82, 2.24) is 4.90 Å². The van der Waals surface area contributed by atoms with Gasteiger partial charge in [0, 0.05) is 0 Å². The van der Waals surface area contributed by atoms with Gasteiger partial charge in [-0.15, -0.1) is 0 Å². The van der Waals surface area contributed by atoms with Crippen LogP contribution in [0.1, 0.15) is 5.76 Å². The molecular formula is C8H9ClN2O. The Morgan fingerprint density at radius 3 is 2.92 bits per heavy atom. The van der Waals surface area contributed by atoms with E-state index in [0.717, 1.165) is 5.76 Å². The molecule has 0 bridgehead atoms. The number of halogens is 1. The van der Waals surface area contributed by atoms with Crippen molar-refractivity contribution >= 4 is 11.6 Å². The first kappa shape index (κ1) is 9.11. The highest BCUT2D eigenvalue weighted by molar-refractivity contribution is 6.28. The van der Waals surface area contributed by atoms with Crippen LogP contribution in [0.2, 0.25) is 5.22 Å². The number of hydrogen-bond acceptors (Lipinski definition) is 3. The van der Waals surface area contributed by atoms with Gasteiger partial charge in [-0.3, -0.25) is 4.90 Å². The average Bonchev–Trinajstić information content (AvgIpc) is 2.36. The van der Waals surface area contributed by atoms with Gasteiger partial charge in [0.05, 0.1) is 19.2 Å². The molecular weight excluding hydrogens is 176 g/mol. The first-order valence-electron chi connectivity index (χ1n) is 3.52. The molecule has 0 aromatic carbocycles. The zero-order valence-corrected chi connectivity index (χ0v) is 7.51. The number of nitriles is 1. The second kappa shape index (κ2) is 4.15. The van der Waals surface area contributed by atoms with Crippen molar-refractivity contribution in [2.75, 3.05) is 13.6 Å². The lowest BCUT2D eigenvalue weighted by Gasteiger charge is -2.08. The molecule has 0 unspecified atom stereocenters. The van der Waals surface area contributed by atoms with Gasteiger partial charge in [-0.1, -0.05) is 0 Å². The molecule has 0 N–H and O–H groups in total. The zero-order valence-electron chi connectivity index (χ0n) is 6.75. The molecule has 0 aliphatic rings. The number of hydrogen-bond donors (Lipinski definition) is 0. The maximum Gasteiger partial charge on any atom is 0.193 e. The fraction of sp³-hybridized carbons (Fsp3) is 0.375. The lowest BCUT2D eigenvalue weighted by atomic mass is 10.4. The van der Waals surface area contributed by atoms with E-state index in [-0.39, 0.29) is 0 Å². The monoisotopic (exact) mass is 184 g/mol. The normalized spacial score (nSPS) is 10.2. The topological polar surface area (TPSA) is 40.2 Å². The van der Waals surface area contributed by atoms with Crippen molar-refractivity contribution in [3.63, 3.8) is 0 Å². The summed E-state index contributed by atoms with van der Waals surface area (Å²) in [6.45, 7) is 0.999. The third kappa shape index (κ3) is 2.57. The summed E-state index contributed by atoms with van der Waals surface area (Å²) in [5.74, 6) is 0.776. The Kier molecular flexibility index (Phi) is 3.15. The molecule has 0 saturated carbocycles. The van der Waals surface area contributed by atoms with Crippen LogP contribution in [0.25, 0.3) is 0 Å². The first-order chi connectivity index (χ1) is 5.72. The molecule has 1 aromatic heterocycles. The highest BCUT2D eigenvalue weighted by Gasteiger charge is 2.02. The van der Waals surface area contributed by atoms with E-state index in [1.54, 1.807) is 12.1 Å². The van der Waals surface area contributed by atoms with Crippen molar-refractivity contribution in [3.05, 3.63) is 23.1 Å². The van der Waals surface area contributed by atoms with Crippen molar-refractivity contribution in [1.29, 1.82) is 5.26 Å². The van der Waals surface area contributed by atoms with E-state index in [2.05, 4.69) is 0 Å². The molecule has 1 aromatic rings.